The molecule has 1 atom stereocenters. The minimum atomic E-state index is 0.0249. The van der Waals surface area contributed by atoms with E-state index in [-0.39, 0.29) is 6.04 Å². The van der Waals surface area contributed by atoms with Gasteiger partial charge in [-0.05, 0) is 87.4 Å². The quantitative estimate of drug-likeness (QED) is 0.272. The van der Waals surface area contributed by atoms with Gasteiger partial charge in [-0.3, -0.25) is 10.4 Å². The number of para-hydroxylation sites is 1. The molecule has 1 aliphatic heterocycles. The zero-order valence-electron chi connectivity index (χ0n) is 22.4. The van der Waals surface area contributed by atoms with Crippen molar-refractivity contribution in [2.75, 3.05) is 41.0 Å². The Morgan fingerprint density at radius 3 is 1.92 bits per heavy atom. The van der Waals surface area contributed by atoms with Crippen LogP contribution in [0.3, 0.4) is 0 Å². The zero-order valence-corrected chi connectivity index (χ0v) is 22.4. The molecule has 5 rings (SSSR count). The molecule has 190 valence electrons. The number of hydrogen-bond acceptors (Lipinski definition) is 5. The second-order valence-corrected chi connectivity index (χ2v) is 9.35. The lowest BCUT2D eigenvalue weighted by molar-refractivity contribution is 0.712. The fraction of sp³-hybridized carbons (Fsp3) is 0.281. The molecule has 0 fully saturated rings. The molecule has 0 spiro atoms. The maximum atomic E-state index is 5.01. The first kappa shape index (κ1) is 24.7. The molecule has 1 unspecified atom stereocenters. The van der Waals surface area contributed by atoms with Crippen LogP contribution in [-0.2, 0) is 0 Å². The van der Waals surface area contributed by atoms with E-state index in [0.29, 0.717) is 0 Å². The largest absolute Gasteiger partial charge is 0.372 e. The minimum Gasteiger partial charge on any atom is -0.372 e. The van der Waals surface area contributed by atoms with Crippen molar-refractivity contribution in [3.63, 3.8) is 0 Å². The predicted molar refractivity (Wildman–Crippen MR) is 158 cm³/mol. The van der Waals surface area contributed by atoms with Gasteiger partial charge in [0.2, 0.25) is 0 Å². The fourth-order valence-electron chi connectivity index (χ4n) is 5.18. The lowest BCUT2D eigenvalue weighted by Gasteiger charge is -2.27. The Morgan fingerprint density at radius 2 is 1.30 bits per heavy atom. The second-order valence-electron chi connectivity index (χ2n) is 9.35. The third-order valence-corrected chi connectivity index (χ3v) is 7.34. The third kappa shape index (κ3) is 4.99. The molecule has 1 aliphatic rings. The van der Waals surface area contributed by atoms with Crippen LogP contribution in [0.2, 0.25) is 0 Å². The number of hydrazine groups is 1. The van der Waals surface area contributed by atoms with Crippen LogP contribution in [0, 0.1) is 0 Å². The Labute approximate surface area is 221 Å². The van der Waals surface area contributed by atoms with Gasteiger partial charge in [-0.25, -0.2) is 4.98 Å². The van der Waals surface area contributed by atoms with Crippen molar-refractivity contribution in [2.24, 2.45) is 0 Å². The van der Waals surface area contributed by atoms with Gasteiger partial charge < -0.3 is 9.80 Å². The van der Waals surface area contributed by atoms with Crippen LogP contribution in [0.5, 0.6) is 0 Å². The van der Waals surface area contributed by atoms with E-state index < -0.39 is 0 Å². The lowest BCUT2D eigenvalue weighted by atomic mass is 10.0. The van der Waals surface area contributed by atoms with Crippen molar-refractivity contribution in [1.82, 2.24) is 10.4 Å². The first-order chi connectivity index (χ1) is 18.1. The molecular weight excluding hydrogens is 454 g/mol. The van der Waals surface area contributed by atoms with Crippen molar-refractivity contribution in [3.05, 3.63) is 102 Å². The van der Waals surface area contributed by atoms with Crippen LogP contribution < -0.4 is 20.2 Å². The number of aromatic nitrogens is 1. The second kappa shape index (κ2) is 11.0. The van der Waals surface area contributed by atoms with Crippen molar-refractivity contribution in [2.45, 2.75) is 33.7 Å². The van der Waals surface area contributed by atoms with Crippen LogP contribution in [-0.4, -0.2) is 31.2 Å². The fourth-order valence-corrected chi connectivity index (χ4v) is 5.18. The van der Waals surface area contributed by atoms with E-state index in [4.69, 9.17) is 4.98 Å². The maximum absolute atomic E-state index is 5.01. The highest BCUT2D eigenvalue weighted by Gasteiger charge is 2.28. The number of rotatable bonds is 9. The summed E-state index contributed by atoms with van der Waals surface area (Å²) in [6.45, 7) is 12.8. The summed E-state index contributed by atoms with van der Waals surface area (Å²) in [5, 5.41) is 3.33. The molecule has 5 heteroatoms. The Bertz CT molecular complexity index is 1350. The number of anilines is 3. The summed E-state index contributed by atoms with van der Waals surface area (Å²) in [4.78, 5) is 9.75. The summed E-state index contributed by atoms with van der Waals surface area (Å²) < 4.78 is 0. The molecule has 0 saturated carbocycles. The molecule has 1 aromatic heterocycles. The monoisotopic (exact) mass is 491 g/mol. The minimum absolute atomic E-state index is 0.0249. The van der Waals surface area contributed by atoms with Gasteiger partial charge in [-0.1, -0.05) is 42.5 Å². The Morgan fingerprint density at radius 1 is 0.703 bits per heavy atom. The summed E-state index contributed by atoms with van der Waals surface area (Å²) in [6.07, 6.45) is 2.32. The topological polar surface area (TPSA) is 34.6 Å². The van der Waals surface area contributed by atoms with E-state index in [1.54, 1.807) is 0 Å². The first-order valence-corrected chi connectivity index (χ1v) is 13.5. The number of pyridine rings is 1. The number of nitrogens with zero attached hydrogens (tertiary/aromatic N) is 4. The zero-order chi connectivity index (χ0) is 25.8. The van der Waals surface area contributed by atoms with Crippen molar-refractivity contribution < 1.29 is 0 Å². The summed E-state index contributed by atoms with van der Waals surface area (Å²) in [5.74, 6) is 0.905. The standard InChI is InChI=1S/C32H37N5/c1-5-35(6-2)27-18-13-25(14-19-27)30-23-31(26-15-20-28(21-16-26)36(7-3)8-4)37(34-30)32-22-17-24-11-9-10-12-29(24)33-32/h9-23,31,34H,5-8H2,1-4H3. The molecule has 0 aliphatic carbocycles. The molecule has 1 N–H and O–H groups in total. The number of nitrogens with one attached hydrogen (secondary N) is 1. The molecule has 4 aromatic rings. The van der Waals surface area contributed by atoms with E-state index in [1.807, 2.05) is 6.07 Å². The Hall–Kier alpha value is -3.99. The van der Waals surface area contributed by atoms with Gasteiger partial charge in [0.25, 0.3) is 0 Å². The van der Waals surface area contributed by atoms with Gasteiger partial charge in [0.1, 0.15) is 5.82 Å². The van der Waals surface area contributed by atoms with Crippen molar-refractivity contribution in [3.8, 4) is 0 Å². The smallest absolute Gasteiger partial charge is 0.148 e. The molecule has 0 bridgehead atoms. The number of benzene rings is 3. The van der Waals surface area contributed by atoms with Crippen LogP contribution in [0.25, 0.3) is 16.6 Å². The number of fused-ring (bicyclic) bond motifs is 1. The highest BCUT2D eigenvalue weighted by Crippen LogP contribution is 2.36. The first-order valence-electron chi connectivity index (χ1n) is 13.5. The summed E-state index contributed by atoms with van der Waals surface area (Å²) in [5.41, 5.74) is 10.7. The van der Waals surface area contributed by atoms with Gasteiger partial charge >= 0.3 is 0 Å². The highest BCUT2D eigenvalue weighted by molar-refractivity contribution is 5.81. The molecule has 2 heterocycles. The molecule has 0 saturated heterocycles. The molecule has 5 nitrogen and oxygen atoms in total. The molecule has 0 amide bonds. The predicted octanol–water partition coefficient (Wildman–Crippen LogP) is 7.03. The van der Waals surface area contributed by atoms with E-state index in [0.717, 1.165) is 48.6 Å². The third-order valence-electron chi connectivity index (χ3n) is 7.34. The van der Waals surface area contributed by atoms with Gasteiger partial charge in [-0.2, -0.15) is 0 Å². The summed E-state index contributed by atoms with van der Waals surface area (Å²) in [6, 6.07) is 30.4. The van der Waals surface area contributed by atoms with Crippen LogP contribution in [0.4, 0.5) is 17.2 Å². The Balaban J connectivity index is 1.51. The van der Waals surface area contributed by atoms with E-state index in [2.05, 4.69) is 133 Å². The molecule has 3 aromatic carbocycles. The normalized spacial score (nSPS) is 15.0. The SMILES string of the molecule is CCN(CC)c1ccc(C2=CC(c3ccc(N(CC)CC)cc3)N(c3ccc4ccccc4n3)N2)cc1. The van der Waals surface area contributed by atoms with Crippen LogP contribution in [0.1, 0.15) is 44.9 Å². The van der Waals surface area contributed by atoms with Crippen molar-refractivity contribution in [1.29, 1.82) is 0 Å². The van der Waals surface area contributed by atoms with E-state index in [9.17, 15) is 0 Å². The average Bonchev–Trinajstić information content (AvgIpc) is 3.40. The van der Waals surface area contributed by atoms with Crippen molar-refractivity contribution >= 4 is 33.8 Å². The van der Waals surface area contributed by atoms with Gasteiger partial charge in [-0.15, -0.1) is 0 Å². The van der Waals surface area contributed by atoms with E-state index in [1.165, 1.54) is 22.5 Å². The Kier molecular flexibility index (Phi) is 7.31. The van der Waals surface area contributed by atoms with Gasteiger partial charge in [0.15, 0.2) is 0 Å². The lowest BCUT2D eigenvalue weighted by Crippen LogP contribution is -2.34. The van der Waals surface area contributed by atoms with Crippen LogP contribution in [0.15, 0.2) is 91.0 Å². The van der Waals surface area contributed by atoms with Crippen LogP contribution >= 0.6 is 0 Å². The van der Waals surface area contributed by atoms with Gasteiger partial charge in [0, 0.05) is 42.9 Å². The average molecular weight is 492 g/mol. The molecular formula is C32H37N5. The summed E-state index contributed by atoms with van der Waals surface area (Å²) in [7, 11) is 0. The number of hydrogen-bond donors (Lipinski definition) is 1. The summed E-state index contributed by atoms with van der Waals surface area (Å²) >= 11 is 0. The maximum Gasteiger partial charge on any atom is 0.148 e. The van der Waals surface area contributed by atoms with E-state index >= 15 is 0 Å². The van der Waals surface area contributed by atoms with Gasteiger partial charge in [0.05, 0.1) is 17.3 Å². The molecule has 0 radical (unpaired) electrons. The molecule has 37 heavy (non-hydrogen) atoms. The highest BCUT2D eigenvalue weighted by atomic mass is 15.6.